The van der Waals surface area contributed by atoms with E-state index in [2.05, 4.69) is 34.2 Å². The predicted molar refractivity (Wildman–Crippen MR) is 84.9 cm³/mol. The van der Waals surface area contributed by atoms with Gasteiger partial charge in [0.1, 0.15) is 0 Å². The average molecular weight is 340 g/mol. The first-order valence-electron chi connectivity index (χ1n) is 7.04. The number of benzene rings is 1. The van der Waals surface area contributed by atoms with Crippen LogP contribution in [0.1, 0.15) is 31.9 Å². The quantitative estimate of drug-likeness (QED) is 0.882. The van der Waals surface area contributed by atoms with Crippen molar-refractivity contribution >= 4 is 27.5 Å². The Morgan fingerprint density at radius 1 is 1.20 bits per heavy atom. The van der Waals surface area contributed by atoms with Crippen LogP contribution in [0.2, 0.25) is 0 Å². The molecule has 0 saturated carbocycles. The second-order valence-corrected chi connectivity index (χ2v) is 6.71. The minimum atomic E-state index is -0.0994. The van der Waals surface area contributed by atoms with Gasteiger partial charge in [-0.05, 0) is 66.7 Å². The van der Waals surface area contributed by atoms with Crippen LogP contribution in [0.25, 0.3) is 0 Å². The maximum Gasteiger partial charge on any atom is 0.230 e. The first-order valence-corrected chi connectivity index (χ1v) is 7.83. The van der Waals surface area contributed by atoms with Gasteiger partial charge in [0.25, 0.3) is 0 Å². The Bertz CT molecular complexity index is 506. The van der Waals surface area contributed by atoms with Crippen LogP contribution < -0.4 is 5.32 Å². The Labute approximate surface area is 129 Å². The van der Waals surface area contributed by atoms with E-state index in [1.807, 2.05) is 33.8 Å². The van der Waals surface area contributed by atoms with Crippen molar-refractivity contribution in [2.24, 2.45) is 11.8 Å². The summed E-state index contributed by atoms with van der Waals surface area (Å²) in [7, 11) is 0. The molecule has 0 aromatic heterocycles. The Hall–Kier alpha value is -0.870. The Kier molecular flexibility index (Phi) is 4.55. The molecule has 4 heteroatoms. The number of amides is 1. The van der Waals surface area contributed by atoms with E-state index in [0.717, 1.165) is 15.7 Å². The van der Waals surface area contributed by atoms with Gasteiger partial charge in [0.15, 0.2) is 0 Å². The molecule has 1 heterocycles. The van der Waals surface area contributed by atoms with E-state index >= 15 is 0 Å². The topological polar surface area (TPSA) is 38.3 Å². The van der Waals surface area contributed by atoms with Gasteiger partial charge in [0, 0.05) is 4.47 Å². The molecule has 1 amide bonds. The van der Waals surface area contributed by atoms with E-state index in [1.165, 1.54) is 5.56 Å². The van der Waals surface area contributed by atoms with Gasteiger partial charge < -0.3 is 10.1 Å². The standard InChI is InChI=1S/C16H22BrNO2/c1-8-6-9(2)15(13(17)7-8)18-16(19)14-10(3)11(4)20-12(14)5/h6-7,10-12,14H,1-5H3,(H,18,19). The number of carbonyl (C=O) groups excluding carboxylic acids is 1. The summed E-state index contributed by atoms with van der Waals surface area (Å²) in [5, 5.41) is 3.06. The van der Waals surface area contributed by atoms with Crippen LogP contribution in [0.15, 0.2) is 16.6 Å². The molecule has 1 aliphatic heterocycles. The zero-order valence-electron chi connectivity index (χ0n) is 12.7. The summed E-state index contributed by atoms with van der Waals surface area (Å²) in [6.45, 7) is 10.1. The molecule has 1 aromatic rings. The maximum atomic E-state index is 12.6. The lowest BCUT2D eigenvalue weighted by Gasteiger charge is -2.19. The molecular weight excluding hydrogens is 318 g/mol. The molecule has 0 bridgehead atoms. The first-order chi connectivity index (χ1) is 9.31. The van der Waals surface area contributed by atoms with Gasteiger partial charge in [-0.2, -0.15) is 0 Å². The lowest BCUT2D eigenvalue weighted by atomic mass is 9.88. The van der Waals surface area contributed by atoms with Gasteiger partial charge >= 0.3 is 0 Å². The second kappa shape index (κ2) is 5.86. The number of rotatable bonds is 2. The molecule has 20 heavy (non-hydrogen) atoms. The highest BCUT2D eigenvalue weighted by molar-refractivity contribution is 9.10. The minimum absolute atomic E-state index is 0.0375. The van der Waals surface area contributed by atoms with Crippen LogP contribution in [-0.4, -0.2) is 18.1 Å². The van der Waals surface area contributed by atoms with Crippen molar-refractivity contribution < 1.29 is 9.53 Å². The van der Waals surface area contributed by atoms with Crippen molar-refractivity contribution in [1.29, 1.82) is 0 Å². The fraction of sp³-hybridized carbons (Fsp3) is 0.562. The lowest BCUT2D eigenvalue weighted by Crippen LogP contribution is -2.32. The number of hydrogen-bond acceptors (Lipinski definition) is 2. The SMILES string of the molecule is Cc1cc(C)c(NC(=O)C2C(C)OC(C)C2C)c(Br)c1. The van der Waals surface area contributed by atoms with Crippen LogP contribution in [-0.2, 0) is 9.53 Å². The molecule has 0 aliphatic carbocycles. The monoisotopic (exact) mass is 339 g/mol. The second-order valence-electron chi connectivity index (χ2n) is 5.86. The van der Waals surface area contributed by atoms with Crippen LogP contribution in [0, 0.1) is 25.7 Å². The maximum absolute atomic E-state index is 12.6. The first kappa shape index (κ1) is 15.5. The molecule has 1 saturated heterocycles. The summed E-state index contributed by atoms with van der Waals surface area (Å²) >= 11 is 3.53. The highest BCUT2D eigenvalue weighted by Crippen LogP contribution is 2.34. The van der Waals surface area contributed by atoms with Gasteiger partial charge in [-0.1, -0.05) is 13.0 Å². The highest BCUT2D eigenvalue weighted by Gasteiger charge is 2.41. The molecule has 4 unspecified atom stereocenters. The third kappa shape index (κ3) is 2.91. The number of aryl methyl sites for hydroxylation is 2. The van der Waals surface area contributed by atoms with Gasteiger partial charge in [-0.25, -0.2) is 0 Å². The molecule has 1 aliphatic rings. The summed E-state index contributed by atoms with van der Waals surface area (Å²) in [4.78, 5) is 12.6. The highest BCUT2D eigenvalue weighted by atomic mass is 79.9. The number of carbonyl (C=O) groups is 1. The van der Waals surface area contributed by atoms with Crippen molar-refractivity contribution in [3.63, 3.8) is 0 Å². The summed E-state index contributed by atoms with van der Waals surface area (Å²) in [5.74, 6) is 0.175. The zero-order chi connectivity index (χ0) is 15.0. The molecule has 3 nitrogen and oxygen atoms in total. The third-order valence-corrected chi connectivity index (χ3v) is 4.85. The molecule has 0 radical (unpaired) electrons. The number of halogens is 1. The van der Waals surface area contributed by atoms with Crippen LogP contribution in [0.4, 0.5) is 5.69 Å². The smallest absolute Gasteiger partial charge is 0.230 e. The van der Waals surface area contributed by atoms with E-state index in [-0.39, 0.29) is 30.0 Å². The number of nitrogens with one attached hydrogen (secondary N) is 1. The molecule has 1 aromatic carbocycles. The van der Waals surface area contributed by atoms with Crippen molar-refractivity contribution in [3.05, 3.63) is 27.7 Å². The lowest BCUT2D eigenvalue weighted by molar-refractivity contribution is -0.121. The van der Waals surface area contributed by atoms with Crippen molar-refractivity contribution in [2.45, 2.75) is 46.8 Å². The van der Waals surface area contributed by atoms with Crippen molar-refractivity contribution in [1.82, 2.24) is 0 Å². The van der Waals surface area contributed by atoms with Gasteiger partial charge in [0.05, 0.1) is 23.8 Å². The number of anilines is 1. The Balaban J connectivity index is 2.21. The molecule has 4 atom stereocenters. The molecular formula is C16H22BrNO2. The van der Waals surface area contributed by atoms with Crippen molar-refractivity contribution in [3.8, 4) is 0 Å². The van der Waals surface area contributed by atoms with E-state index in [4.69, 9.17) is 4.74 Å². The molecule has 1 N–H and O–H groups in total. The summed E-state index contributed by atoms with van der Waals surface area (Å²) < 4.78 is 6.68. The van der Waals surface area contributed by atoms with E-state index in [1.54, 1.807) is 0 Å². The fourth-order valence-corrected chi connectivity index (χ4v) is 3.77. The van der Waals surface area contributed by atoms with Gasteiger partial charge in [-0.15, -0.1) is 0 Å². The largest absolute Gasteiger partial charge is 0.374 e. The Morgan fingerprint density at radius 2 is 1.85 bits per heavy atom. The third-order valence-electron chi connectivity index (χ3n) is 4.22. The molecule has 1 fully saturated rings. The molecule has 0 spiro atoms. The fourth-order valence-electron chi connectivity index (χ4n) is 3.00. The molecule has 2 rings (SSSR count). The van der Waals surface area contributed by atoms with Crippen molar-refractivity contribution in [2.75, 3.05) is 5.32 Å². The van der Waals surface area contributed by atoms with E-state index in [0.29, 0.717) is 0 Å². The normalized spacial score (nSPS) is 29.5. The number of hydrogen-bond donors (Lipinski definition) is 1. The van der Waals surface area contributed by atoms with Gasteiger partial charge in [0.2, 0.25) is 5.91 Å². The summed E-state index contributed by atoms with van der Waals surface area (Å²) in [6.07, 6.45) is 0.0906. The average Bonchev–Trinajstić information content (AvgIpc) is 2.58. The summed E-state index contributed by atoms with van der Waals surface area (Å²) in [6, 6.07) is 4.09. The van der Waals surface area contributed by atoms with Crippen LogP contribution in [0.3, 0.4) is 0 Å². The Morgan fingerprint density at radius 3 is 2.35 bits per heavy atom. The predicted octanol–water partition coefficient (Wildman–Crippen LogP) is 4.06. The summed E-state index contributed by atoms with van der Waals surface area (Å²) in [5.41, 5.74) is 3.10. The van der Waals surface area contributed by atoms with E-state index in [9.17, 15) is 4.79 Å². The minimum Gasteiger partial charge on any atom is -0.374 e. The number of ether oxygens (including phenoxy) is 1. The molecule has 110 valence electrons. The van der Waals surface area contributed by atoms with Crippen LogP contribution >= 0.6 is 15.9 Å². The van der Waals surface area contributed by atoms with Gasteiger partial charge in [-0.3, -0.25) is 4.79 Å². The van der Waals surface area contributed by atoms with Crippen LogP contribution in [0.5, 0.6) is 0 Å². The zero-order valence-corrected chi connectivity index (χ0v) is 14.2. The van der Waals surface area contributed by atoms with E-state index < -0.39 is 0 Å².